The second kappa shape index (κ2) is 5.07. The van der Waals surface area contributed by atoms with E-state index in [-0.39, 0.29) is 24.0 Å². The van der Waals surface area contributed by atoms with Gasteiger partial charge in [0.05, 0.1) is 5.92 Å². The lowest BCUT2D eigenvalue weighted by Crippen LogP contribution is -2.51. The number of carboxylic acids is 1. The van der Waals surface area contributed by atoms with Gasteiger partial charge in [-0.3, -0.25) is 9.59 Å². The van der Waals surface area contributed by atoms with Gasteiger partial charge in [0.25, 0.3) is 0 Å². The van der Waals surface area contributed by atoms with Crippen molar-refractivity contribution in [3.8, 4) is 0 Å². The number of fused-ring (bicyclic) bond motifs is 2. The van der Waals surface area contributed by atoms with E-state index in [1.165, 1.54) is 7.05 Å². The molecule has 2 aliphatic rings. The molecular formula is C12H19N3O4. The highest BCUT2D eigenvalue weighted by atomic mass is 16.4. The number of carbonyl (C=O) groups is 3. The molecular weight excluding hydrogens is 250 g/mol. The third-order valence-corrected chi connectivity index (χ3v) is 4.07. The predicted octanol–water partition coefficient (Wildman–Crippen LogP) is -0.232. The molecule has 106 valence electrons. The van der Waals surface area contributed by atoms with Crippen LogP contribution in [0, 0.1) is 5.92 Å². The fraction of sp³-hybridized carbons (Fsp3) is 0.750. The first-order valence-corrected chi connectivity index (χ1v) is 6.49. The summed E-state index contributed by atoms with van der Waals surface area (Å²) in [6.45, 7) is 1.60. The molecule has 19 heavy (non-hydrogen) atoms. The Morgan fingerprint density at radius 2 is 2.00 bits per heavy atom. The summed E-state index contributed by atoms with van der Waals surface area (Å²) in [6, 6.07) is -1.21. The fourth-order valence-corrected chi connectivity index (χ4v) is 3.11. The number of aliphatic carboxylic acids is 1. The van der Waals surface area contributed by atoms with Crippen LogP contribution in [0.2, 0.25) is 0 Å². The van der Waals surface area contributed by atoms with Crippen molar-refractivity contribution < 1.29 is 19.5 Å². The maximum Gasteiger partial charge on any atom is 0.318 e. The summed E-state index contributed by atoms with van der Waals surface area (Å²) in [4.78, 5) is 36.2. The van der Waals surface area contributed by atoms with E-state index in [4.69, 9.17) is 5.11 Å². The van der Waals surface area contributed by atoms with Gasteiger partial charge in [0.2, 0.25) is 5.91 Å². The Balaban J connectivity index is 2.01. The average Bonchev–Trinajstić information content (AvgIpc) is 2.94. The van der Waals surface area contributed by atoms with Gasteiger partial charge in [-0.05, 0) is 26.2 Å². The van der Waals surface area contributed by atoms with Crippen molar-refractivity contribution in [3.05, 3.63) is 0 Å². The number of hydrogen-bond acceptors (Lipinski definition) is 3. The number of amides is 3. The summed E-state index contributed by atoms with van der Waals surface area (Å²) < 4.78 is 0. The fourth-order valence-electron chi connectivity index (χ4n) is 3.11. The minimum atomic E-state index is -0.843. The molecule has 4 atom stereocenters. The summed E-state index contributed by atoms with van der Waals surface area (Å²) in [5.41, 5.74) is 0. The van der Waals surface area contributed by atoms with Gasteiger partial charge in [-0.1, -0.05) is 0 Å². The zero-order valence-electron chi connectivity index (χ0n) is 11.0. The molecule has 0 aliphatic carbocycles. The monoisotopic (exact) mass is 269 g/mol. The molecule has 2 bridgehead atoms. The number of likely N-dealkylation sites (N-methyl/N-ethyl adjacent to an activating group) is 1. The molecule has 2 fully saturated rings. The van der Waals surface area contributed by atoms with Crippen molar-refractivity contribution in [3.63, 3.8) is 0 Å². The molecule has 0 radical (unpaired) electrons. The van der Waals surface area contributed by atoms with Crippen LogP contribution >= 0.6 is 0 Å². The summed E-state index contributed by atoms with van der Waals surface area (Å²) in [7, 11) is 1.50. The van der Waals surface area contributed by atoms with Gasteiger partial charge in [-0.25, -0.2) is 4.79 Å². The van der Waals surface area contributed by atoms with Gasteiger partial charge in [0, 0.05) is 19.1 Å². The van der Waals surface area contributed by atoms with E-state index in [1.807, 2.05) is 0 Å². The second-order valence-corrected chi connectivity index (χ2v) is 5.17. The third kappa shape index (κ3) is 2.36. The van der Waals surface area contributed by atoms with Crippen molar-refractivity contribution >= 4 is 17.9 Å². The third-order valence-electron chi connectivity index (χ3n) is 4.07. The van der Waals surface area contributed by atoms with Crippen LogP contribution in [-0.4, -0.2) is 53.1 Å². The van der Waals surface area contributed by atoms with Crippen molar-refractivity contribution in [1.29, 1.82) is 0 Å². The Bertz CT molecular complexity index is 412. The van der Waals surface area contributed by atoms with Crippen molar-refractivity contribution in [2.75, 3.05) is 7.05 Å². The van der Waals surface area contributed by atoms with Gasteiger partial charge in [-0.2, -0.15) is 0 Å². The predicted molar refractivity (Wildman–Crippen MR) is 66.5 cm³/mol. The lowest BCUT2D eigenvalue weighted by molar-refractivity contribution is -0.142. The zero-order chi connectivity index (χ0) is 14.2. The number of carboxylic acid groups (broad SMARTS) is 1. The Hall–Kier alpha value is -1.79. The average molecular weight is 269 g/mol. The van der Waals surface area contributed by atoms with Gasteiger partial charge in [-0.15, -0.1) is 0 Å². The number of nitrogens with one attached hydrogen (secondary N) is 2. The molecule has 0 aromatic rings. The lowest BCUT2D eigenvalue weighted by atomic mass is 9.89. The molecule has 2 saturated heterocycles. The van der Waals surface area contributed by atoms with Gasteiger partial charge < -0.3 is 20.6 Å². The van der Waals surface area contributed by atoms with Crippen molar-refractivity contribution in [2.24, 2.45) is 5.92 Å². The highest BCUT2D eigenvalue weighted by Crippen LogP contribution is 2.41. The molecule has 4 unspecified atom stereocenters. The van der Waals surface area contributed by atoms with Crippen LogP contribution in [0.15, 0.2) is 0 Å². The zero-order valence-corrected chi connectivity index (χ0v) is 11.0. The van der Waals surface area contributed by atoms with E-state index in [0.29, 0.717) is 6.42 Å². The molecule has 0 aromatic heterocycles. The number of urea groups is 1. The van der Waals surface area contributed by atoms with Crippen LogP contribution in [0.25, 0.3) is 0 Å². The molecule has 0 saturated carbocycles. The van der Waals surface area contributed by atoms with E-state index in [1.54, 1.807) is 11.8 Å². The van der Waals surface area contributed by atoms with E-state index >= 15 is 0 Å². The Morgan fingerprint density at radius 1 is 1.32 bits per heavy atom. The molecule has 7 heteroatoms. The summed E-state index contributed by atoms with van der Waals surface area (Å²) in [6.07, 6.45) is 2.08. The normalized spacial score (nSPS) is 30.0. The first kappa shape index (κ1) is 13.6. The number of carbonyl (C=O) groups excluding carboxylic acids is 2. The topological polar surface area (TPSA) is 98.7 Å². The quantitative estimate of drug-likeness (QED) is 0.659. The SMILES string of the molecule is CNC(=O)C(C)NC(=O)N1C2CCC1C(C(=O)O)C2. The minimum absolute atomic E-state index is 0.0111. The molecule has 7 nitrogen and oxygen atoms in total. The number of rotatable bonds is 3. The smallest absolute Gasteiger partial charge is 0.318 e. The largest absolute Gasteiger partial charge is 0.481 e. The standard InChI is InChI=1S/C12H19N3O4/c1-6(10(16)13-2)14-12(19)15-7-3-4-9(15)8(5-7)11(17)18/h6-9H,3-5H2,1-2H3,(H,13,16)(H,14,19)(H,17,18). The molecule has 3 amide bonds. The summed E-state index contributed by atoms with van der Waals surface area (Å²) >= 11 is 0. The Kier molecular flexibility index (Phi) is 3.64. The maximum absolute atomic E-state index is 12.1. The van der Waals surface area contributed by atoms with Crippen LogP contribution in [0.3, 0.4) is 0 Å². The lowest BCUT2D eigenvalue weighted by Gasteiger charge is -2.25. The first-order valence-electron chi connectivity index (χ1n) is 6.49. The van der Waals surface area contributed by atoms with E-state index in [2.05, 4.69) is 10.6 Å². The molecule has 2 heterocycles. The highest BCUT2D eigenvalue weighted by molar-refractivity contribution is 5.87. The van der Waals surface area contributed by atoms with Crippen LogP contribution in [0.4, 0.5) is 4.79 Å². The van der Waals surface area contributed by atoms with E-state index in [0.717, 1.165) is 12.8 Å². The maximum atomic E-state index is 12.1. The van der Waals surface area contributed by atoms with Crippen molar-refractivity contribution in [1.82, 2.24) is 15.5 Å². The first-order chi connectivity index (χ1) is 8.95. The number of hydrogen-bond donors (Lipinski definition) is 3. The van der Waals surface area contributed by atoms with E-state index in [9.17, 15) is 14.4 Å². The van der Waals surface area contributed by atoms with Crippen LogP contribution in [0.1, 0.15) is 26.2 Å². The van der Waals surface area contributed by atoms with Gasteiger partial charge in [0.15, 0.2) is 0 Å². The molecule has 3 N–H and O–H groups in total. The molecule has 2 rings (SSSR count). The van der Waals surface area contributed by atoms with Crippen LogP contribution in [0.5, 0.6) is 0 Å². The van der Waals surface area contributed by atoms with Gasteiger partial charge in [0.1, 0.15) is 6.04 Å². The Morgan fingerprint density at radius 3 is 2.53 bits per heavy atom. The second-order valence-electron chi connectivity index (χ2n) is 5.17. The molecule has 0 aromatic carbocycles. The minimum Gasteiger partial charge on any atom is -0.481 e. The molecule has 0 spiro atoms. The summed E-state index contributed by atoms with van der Waals surface area (Å²) in [5, 5.41) is 14.2. The van der Waals surface area contributed by atoms with E-state index < -0.39 is 17.9 Å². The highest BCUT2D eigenvalue weighted by Gasteiger charge is 2.51. The van der Waals surface area contributed by atoms with Crippen LogP contribution in [-0.2, 0) is 9.59 Å². The van der Waals surface area contributed by atoms with Crippen LogP contribution < -0.4 is 10.6 Å². The summed E-state index contributed by atoms with van der Waals surface area (Å²) in [5.74, 6) is -1.58. The Labute approximate surface area is 111 Å². The van der Waals surface area contributed by atoms with Gasteiger partial charge >= 0.3 is 12.0 Å². The van der Waals surface area contributed by atoms with Crippen molar-refractivity contribution in [2.45, 2.75) is 44.3 Å². The molecule has 2 aliphatic heterocycles. The number of nitrogens with zero attached hydrogens (tertiary/aromatic N) is 1.